The molecule has 4 nitrogen and oxygen atoms in total. The van der Waals surface area contributed by atoms with E-state index in [-0.39, 0.29) is 24.4 Å². The Morgan fingerprint density at radius 1 is 1.33 bits per heavy atom. The van der Waals surface area contributed by atoms with Crippen LogP contribution in [0.4, 0.5) is 0 Å². The van der Waals surface area contributed by atoms with Gasteiger partial charge in [0, 0.05) is 19.3 Å². The zero-order chi connectivity index (χ0) is 14.4. The van der Waals surface area contributed by atoms with Gasteiger partial charge in [0.05, 0.1) is 6.04 Å². The van der Waals surface area contributed by atoms with E-state index in [4.69, 9.17) is 10.5 Å². The molecule has 1 aromatic carbocycles. The quantitative estimate of drug-likeness (QED) is 0.873. The molecule has 3 N–H and O–H groups in total. The van der Waals surface area contributed by atoms with Crippen molar-refractivity contribution in [2.24, 2.45) is 11.7 Å². The van der Waals surface area contributed by atoms with Crippen molar-refractivity contribution < 1.29 is 9.53 Å². The Morgan fingerprint density at radius 2 is 1.95 bits per heavy atom. The second-order valence-corrected chi connectivity index (χ2v) is 5.54. The van der Waals surface area contributed by atoms with Crippen LogP contribution in [0.2, 0.25) is 0 Å². The fraction of sp³-hybridized carbons (Fsp3) is 0.562. The van der Waals surface area contributed by atoms with Gasteiger partial charge in [-0.3, -0.25) is 4.79 Å². The summed E-state index contributed by atoms with van der Waals surface area (Å²) in [5, 5.41) is 3.05. The number of carbonyl (C=O) groups excluding carboxylic acids is 1. The fourth-order valence-electron chi connectivity index (χ4n) is 2.63. The van der Waals surface area contributed by atoms with Crippen LogP contribution in [0.1, 0.15) is 25.3 Å². The summed E-state index contributed by atoms with van der Waals surface area (Å²) in [6.45, 7) is 3.64. The van der Waals surface area contributed by atoms with Gasteiger partial charge in [-0.2, -0.15) is 0 Å². The summed E-state index contributed by atoms with van der Waals surface area (Å²) in [7, 11) is 0. The molecule has 0 aliphatic carbocycles. The predicted octanol–water partition coefficient (Wildman–Crippen LogP) is 1.91. The highest BCUT2D eigenvalue weighted by Crippen LogP contribution is 2.18. The molecular weight excluding hydrogens is 288 g/mol. The molecule has 1 aliphatic heterocycles. The third-order valence-corrected chi connectivity index (χ3v) is 3.98. The largest absolute Gasteiger partial charge is 0.381 e. The Hall–Kier alpha value is -1.10. The molecule has 2 rings (SSSR count). The van der Waals surface area contributed by atoms with Crippen LogP contribution in [0.25, 0.3) is 0 Å². The molecule has 1 unspecified atom stereocenters. The number of ether oxygens (including phenoxy) is 1. The van der Waals surface area contributed by atoms with Crippen molar-refractivity contribution in [3.05, 3.63) is 35.9 Å². The maximum absolute atomic E-state index is 12.1. The maximum Gasteiger partial charge on any atom is 0.237 e. The van der Waals surface area contributed by atoms with Crippen molar-refractivity contribution in [3.63, 3.8) is 0 Å². The first-order valence-electron chi connectivity index (χ1n) is 7.34. The summed E-state index contributed by atoms with van der Waals surface area (Å²) < 4.78 is 5.34. The van der Waals surface area contributed by atoms with Crippen LogP contribution < -0.4 is 11.1 Å². The second-order valence-electron chi connectivity index (χ2n) is 5.54. The van der Waals surface area contributed by atoms with Gasteiger partial charge in [-0.25, -0.2) is 0 Å². The molecule has 5 heteroatoms. The number of rotatable bonds is 5. The van der Waals surface area contributed by atoms with Gasteiger partial charge in [0.1, 0.15) is 0 Å². The predicted molar refractivity (Wildman–Crippen MR) is 86.5 cm³/mol. The summed E-state index contributed by atoms with van der Waals surface area (Å²) in [5.41, 5.74) is 7.08. The number of hydrogen-bond donors (Lipinski definition) is 2. The SMILES string of the molecule is CC(NC(=O)[C@@H](N)Cc1ccccc1)C1CCOCC1.Cl. The molecule has 1 heterocycles. The maximum atomic E-state index is 12.1. The molecule has 1 aromatic rings. The number of carbonyl (C=O) groups is 1. The molecule has 1 fully saturated rings. The molecule has 0 spiro atoms. The van der Waals surface area contributed by atoms with Gasteiger partial charge in [-0.1, -0.05) is 30.3 Å². The molecule has 0 saturated carbocycles. The Balaban J connectivity index is 0.00000220. The molecule has 0 bridgehead atoms. The van der Waals surface area contributed by atoms with Gasteiger partial charge in [-0.05, 0) is 37.7 Å². The Kier molecular flexibility index (Phi) is 7.72. The lowest BCUT2D eigenvalue weighted by molar-refractivity contribution is -0.123. The van der Waals surface area contributed by atoms with Gasteiger partial charge >= 0.3 is 0 Å². The van der Waals surface area contributed by atoms with E-state index in [0.29, 0.717) is 12.3 Å². The standard InChI is InChI=1S/C16H24N2O2.ClH/c1-12(14-7-9-20-10-8-14)18-16(19)15(17)11-13-5-3-2-4-6-13;/h2-6,12,14-15H,7-11,17H2,1H3,(H,18,19);1H/t12?,15-;/m0./s1. The minimum atomic E-state index is -0.486. The summed E-state index contributed by atoms with van der Waals surface area (Å²) in [5.74, 6) is 0.435. The highest BCUT2D eigenvalue weighted by Gasteiger charge is 2.23. The molecule has 0 aromatic heterocycles. The second kappa shape index (κ2) is 9.03. The smallest absolute Gasteiger partial charge is 0.237 e. The minimum Gasteiger partial charge on any atom is -0.381 e. The summed E-state index contributed by atoms with van der Waals surface area (Å²) >= 11 is 0. The summed E-state index contributed by atoms with van der Waals surface area (Å²) in [4.78, 5) is 12.1. The van der Waals surface area contributed by atoms with Crippen molar-refractivity contribution >= 4 is 18.3 Å². The van der Waals surface area contributed by atoms with E-state index in [1.165, 1.54) is 0 Å². The Labute approximate surface area is 132 Å². The van der Waals surface area contributed by atoms with Crippen molar-refractivity contribution in [1.82, 2.24) is 5.32 Å². The van der Waals surface area contributed by atoms with Crippen molar-refractivity contribution in [1.29, 1.82) is 0 Å². The van der Waals surface area contributed by atoms with E-state index in [0.717, 1.165) is 31.6 Å². The average Bonchev–Trinajstić information content (AvgIpc) is 2.49. The van der Waals surface area contributed by atoms with Crippen molar-refractivity contribution in [2.75, 3.05) is 13.2 Å². The molecule has 118 valence electrons. The molecule has 21 heavy (non-hydrogen) atoms. The zero-order valence-electron chi connectivity index (χ0n) is 12.5. The van der Waals surface area contributed by atoms with Crippen LogP contribution in [-0.2, 0) is 16.0 Å². The van der Waals surface area contributed by atoms with Gasteiger partial charge in [-0.15, -0.1) is 12.4 Å². The molecule has 2 atom stereocenters. The number of nitrogens with two attached hydrogens (primary N) is 1. The molecule has 0 radical (unpaired) electrons. The van der Waals surface area contributed by atoms with E-state index in [1.54, 1.807) is 0 Å². The summed E-state index contributed by atoms with van der Waals surface area (Å²) in [6, 6.07) is 9.55. The van der Waals surface area contributed by atoms with Gasteiger partial charge < -0.3 is 15.8 Å². The molecular formula is C16H25ClN2O2. The monoisotopic (exact) mass is 312 g/mol. The van der Waals surface area contributed by atoms with Crippen LogP contribution in [-0.4, -0.2) is 31.2 Å². The topological polar surface area (TPSA) is 64.4 Å². The fourth-order valence-corrected chi connectivity index (χ4v) is 2.63. The minimum absolute atomic E-state index is 0. The highest BCUT2D eigenvalue weighted by atomic mass is 35.5. The third-order valence-electron chi connectivity index (χ3n) is 3.98. The van der Waals surface area contributed by atoms with Gasteiger partial charge in [0.15, 0.2) is 0 Å². The first-order valence-corrected chi connectivity index (χ1v) is 7.34. The van der Waals surface area contributed by atoms with E-state index in [1.807, 2.05) is 30.3 Å². The van der Waals surface area contributed by atoms with Crippen molar-refractivity contribution in [2.45, 2.75) is 38.3 Å². The molecule has 1 saturated heterocycles. The van der Waals surface area contributed by atoms with Gasteiger partial charge in [0.2, 0.25) is 5.91 Å². The van der Waals surface area contributed by atoms with Crippen LogP contribution in [0, 0.1) is 5.92 Å². The number of hydrogen-bond acceptors (Lipinski definition) is 3. The normalized spacial score (nSPS) is 18.4. The number of amides is 1. The third kappa shape index (κ3) is 5.65. The van der Waals surface area contributed by atoms with E-state index < -0.39 is 6.04 Å². The zero-order valence-corrected chi connectivity index (χ0v) is 13.3. The molecule has 1 aliphatic rings. The van der Waals surface area contributed by atoms with E-state index in [2.05, 4.69) is 12.2 Å². The van der Waals surface area contributed by atoms with Gasteiger partial charge in [0.25, 0.3) is 0 Å². The van der Waals surface area contributed by atoms with Crippen LogP contribution in [0.15, 0.2) is 30.3 Å². The van der Waals surface area contributed by atoms with Crippen molar-refractivity contribution in [3.8, 4) is 0 Å². The Morgan fingerprint density at radius 3 is 2.57 bits per heavy atom. The lowest BCUT2D eigenvalue weighted by Crippen LogP contribution is -2.48. The lowest BCUT2D eigenvalue weighted by Gasteiger charge is -2.29. The number of benzene rings is 1. The van der Waals surface area contributed by atoms with E-state index in [9.17, 15) is 4.79 Å². The number of halogens is 1. The lowest BCUT2D eigenvalue weighted by atomic mass is 9.92. The highest BCUT2D eigenvalue weighted by molar-refractivity contribution is 5.85. The first kappa shape index (κ1) is 18.0. The summed E-state index contributed by atoms with van der Waals surface area (Å²) in [6.07, 6.45) is 2.60. The van der Waals surface area contributed by atoms with Crippen LogP contribution in [0.3, 0.4) is 0 Å². The van der Waals surface area contributed by atoms with Crippen LogP contribution >= 0.6 is 12.4 Å². The molecule has 1 amide bonds. The number of nitrogens with one attached hydrogen (secondary N) is 1. The average molecular weight is 313 g/mol. The van der Waals surface area contributed by atoms with Crippen LogP contribution in [0.5, 0.6) is 0 Å². The van der Waals surface area contributed by atoms with E-state index >= 15 is 0 Å². The first-order chi connectivity index (χ1) is 9.66. The Bertz CT molecular complexity index is 422.